The van der Waals surface area contributed by atoms with Crippen molar-refractivity contribution in [2.24, 2.45) is 0 Å². The van der Waals surface area contributed by atoms with Crippen molar-refractivity contribution in [2.45, 2.75) is 26.7 Å². The monoisotopic (exact) mass is 797 g/mol. The van der Waals surface area contributed by atoms with Crippen LogP contribution in [0.3, 0.4) is 0 Å². The second-order valence-electron chi connectivity index (χ2n) is 16.9. The number of nitrogens with zero attached hydrogens (tertiary/aromatic N) is 3. The Bertz CT molecular complexity index is 4100. The Balaban J connectivity index is 1.08. The normalized spacial score (nSPS) is 12.7. The Morgan fingerprint density at radius 2 is 1.06 bits per heavy atom. The lowest BCUT2D eigenvalue weighted by Crippen LogP contribution is -2.12. The number of allylic oxidation sites excluding steroid dienone is 1. The van der Waals surface area contributed by atoms with Crippen molar-refractivity contribution in [1.29, 1.82) is 0 Å². The fraction of sp³-hybridized carbons (Fsp3) is 0.0702. The minimum atomic E-state index is 0.0141. The minimum absolute atomic E-state index is 0.0141. The summed E-state index contributed by atoms with van der Waals surface area (Å²) >= 11 is 0. The highest BCUT2D eigenvalue weighted by atomic mass is 16.3. The van der Waals surface area contributed by atoms with Gasteiger partial charge in [0.2, 0.25) is 0 Å². The van der Waals surface area contributed by atoms with Crippen LogP contribution < -0.4 is 5.56 Å². The van der Waals surface area contributed by atoms with E-state index >= 15 is 0 Å². The van der Waals surface area contributed by atoms with Crippen molar-refractivity contribution < 1.29 is 4.42 Å². The Kier molecular flexibility index (Phi) is 7.21. The summed E-state index contributed by atoms with van der Waals surface area (Å²) in [5, 5.41) is 10.9. The van der Waals surface area contributed by atoms with Gasteiger partial charge in [0.25, 0.3) is 5.56 Å². The highest BCUT2D eigenvalue weighted by Gasteiger charge is 2.26. The fourth-order valence-corrected chi connectivity index (χ4v) is 10.7. The van der Waals surface area contributed by atoms with Gasteiger partial charge in [-0.1, -0.05) is 129 Å². The van der Waals surface area contributed by atoms with Crippen molar-refractivity contribution in [3.05, 3.63) is 203 Å². The van der Waals surface area contributed by atoms with E-state index in [1.807, 2.05) is 22.6 Å². The molecule has 13 aromatic rings. The molecule has 0 N–H and O–H groups in total. The van der Waals surface area contributed by atoms with Gasteiger partial charge in [-0.05, 0) is 84.1 Å². The molecule has 0 fully saturated rings. The topological polar surface area (TPSA) is 44.5 Å². The van der Waals surface area contributed by atoms with E-state index in [1.165, 1.54) is 38.1 Å². The molecule has 62 heavy (non-hydrogen) atoms. The molecule has 0 amide bonds. The van der Waals surface area contributed by atoms with Gasteiger partial charge in [-0.15, -0.1) is 0 Å². The van der Waals surface area contributed by atoms with E-state index < -0.39 is 0 Å². The van der Waals surface area contributed by atoms with E-state index in [9.17, 15) is 4.79 Å². The SMILES string of the molecule is C/C=C(/c1ccc2c(c1)c1cccc3c4ccccc4c(=O)n2c31)c1c(C(C)C)oc2ccc(-n3c4ccccc4c4ccc5c6ccccc6n(-c6ccccc6)c5c43)cc12. The summed E-state index contributed by atoms with van der Waals surface area (Å²) in [6, 6.07) is 60.5. The molecule has 5 nitrogen and oxygen atoms in total. The molecule has 0 aliphatic carbocycles. The second-order valence-corrected chi connectivity index (χ2v) is 16.9. The molecule has 5 aromatic heterocycles. The standard InChI is InChI=1S/C57H39N3O2/c1-4-37(34-25-29-50-46(31-34)42-22-14-21-41-38-17-8-9-20-45(38)57(61)60(50)53(41)42)52-47-32-36(26-30-51(47)62-56(52)33(2)3)59-49-24-13-11-19-40(49)44-28-27-43-39-18-10-12-23-48(39)58(54(43)55(44)59)35-15-6-5-7-16-35/h4-33H,1-3H3/b37-4-. The molecule has 0 saturated heterocycles. The number of hydrogen-bond acceptors (Lipinski definition) is 2. The Hall–Kier alpha value is -7.89. The highest BCUT2D eigenvalue weighted by molar-refractivity contribution is 6.24. The summed E-state index contributed by atoms with van der Waals surface area (Å²) in [5.74, 6) is 1.08. The third-order valence-corrected chi connectivity index (χ3v) is 13.3. The minimum Gasteiger partial charge on any atom is -0.460 e. The molecule has 0 unspecified atom stereocenters. The first-order valence-corrected chi connectivity index (χ1v) is 21.5. The molecule has 0 saturated carbocycles. The molecule has 5 heterocycles. The molecule has 0 aliphatic rings. The van der Waals surface area contributed by atoms with Crippen molar-refractivity contribution in [3.8, 4) is 11.4 Å². The van der Waals surface area contributed by atoms with Gasteiger partial charge in [0.15, 0.2) is 0 Å². The van der Waals surface area contributed by atoms with Crippen LogP contribution in [0.4, 0.5) is 0 Å². The van der Waals surface area contributed by atoms with Gasteiger partial charge in [-0.2, -0.15) is 0 Å². The van der Waals surface area contributed by atoms with Gasteiger partial charge in [-0.25, -0.2) is 0 Å². The van der Waals surface area contributed by atoms with Crippen LogP contribution in [0.5, 0.6) is 0 Å². The fourth-order valence-electron chi connectivity index (χ4n) is 10.7. The smallest absolute Gasteiger partial charge is 0.263 e. The maximum absolute atomic E-state index is 14.1. The zero-order valence-electron chi connectivity index (χ0n) is 34.5. The Morgan fingerprint density at radius 1 is 0.484 bits per heavy atom. The van der Waals surface area contributed by atoms with Crippen LogP contribution in [0.15, 0.2) is 185 Å². The van der Waals surface area contributed by atoms with Crippen LogP contribution in [0.2, 0.25) is 0 Å². The zero-order chi connectivity index (χ0) is 41.4. The first-order chi connectivity index (χ1) is 30.5. The second kappa shape index (κ2) is 12.8. The lowest BCUT2D eigenvalue weighted by atomic mass is 9.91. The van der Waals surface area contributed by atoms with Gasteiger partial charge < -0.3 is 13.6 Å². The van der Waals surface area contributed by atoms with Crippen LogP contribution in [0.25, 0.3) is 109 Å². The van der Waals surface area contributed by atoms with Gasteiger partial charge in [0.1, 0.15) is 11.3 Å². The third-order valence-electron chi connectivity index (χ3n) is 13.3. The molecular weight excluding hydrogens is 759 g/mol. The molecule has 8 aromatic carbocycles. The van der Waals surface area contributed by atoms with Gasteiger partial charge in [0, 0.05) is 71.3 Å². The maximum Gasteiger partial charge on any atom is 0.263 e. The van der Waals surface area contributed by atoms with Crippen LogP contribution in [-0.4, -0.2) is 13.5 Å². The number of rotatable bonds is 5. The molecule has 294 valence electrons. The molecule has 0 radical (unpaired) electrons. The van der Waals surface area contributed by atoms with Gasteiger partial charge in [-0.3, -0.25) is 9.20 Å². The lowest BCUT2D eigenvalue weighted by Gasteiger charge is -2.14. The van der Waals surface area contributed by atoms with E-state index in [2.05, 4.69) is 188 Å². The van der Waals surface area contributed by atoms with E-state index in [-0.39, 0.29) is 11.5 Å². The van der Waals surface area contributed by atoms with E-state index in [0.717, 1.165) is 88.3 Å². The molecule has 0 aliphatic heterocycles. The highest BCUT2D eigenvalue weighted by Crippen LogP contribution is 2.45. The molecule has 0 spiro atoms. The van der Waals surface area contributed by atoms with E-state index in [0.29, 0.717) is 0 Å². The summed E-state index contributed by atoms with van der Waals surface area (Å²) in [5.41, 5.74) is 12.9. The largest absolute Gasteiger partial charge is 0.460 e. The molecular formula is C57H39N3O2. The average Bonchev–Trinajstić information content (AvgIpc) is 4.06. The molecule has 0 bridgehead atoms. The predicted octanol–water partition coefficient (Wildman–Crippen LogP) is 14.7. The van der Waals surface area contributed by atoms with Crippen LogP contribution >= 0.6 is 0 Å². The predicted molar refractivity (Wildman–Crippen MR) is 259 cm³/mol. The summed E-state index contributed by atoms with van der Waals surface area (Å²) in [7, 11) is 0. The number of fused-ring (bicyclic) bond motifs is 13. The number of hydrogen-bond donors (Lipinski definition) is 0. The van der Waals surface area contributed by atoms with Gasteiger partial charge >= 0.3 is 0 Å². The first kappa shape index (κ1) is 34.9. The number of pyridine rings is 1. The lowest BCUT2D eigenvalue weighted by molar-refractivity contribution is 0.520. The maximum atomic E-state index is 14.1. The van der Waals surface area contributed by atoms with Gasteiger partial charge in [0.05, 0.1) is 33.1 Å². The quantitative estimate of drug-likeness (QED) is 0.163. The Morgan fingerprint density at radius 3 is 1.74 bits per heavy atom. The number of furan rings is 1. The van der Waals surface area contributed by atoms with Crippen molar-refractivity contribution in [2.75, 3.05) is 0 Å². The Labute approximate surface area is 355 Å². The summed E-state index contributed by atoms with van der Waals surface area (Å²) in [6.45, 7) is 6.53. The summed E-state index contributed by atoms with van der Waals surface area (Å²) in [6.07, 6.45) is 2.22. The zero-order valence-corrected chi connectivity index (χ0v) is 34.5. The van der Waals surface area contributed by atoms with E-state index in [4.69, 9.17) is 4.42 Å². The van der Waals surface area contributed by atoms with Crippen LogP contribution in [0.1, 0.15) is 43.6 Å². The van der Waals surface area contributed by atoms with Crippen molar-refractivity contribution >= 4 is 98.1 Å². The van der Waals surface area contributed by atoms with Crippen LogP contribution in [-0.2, 0) is 0 Å². The van der Waals surface area contributed by atoms with Crippen molar-refractivity contribution in [3.63, 3.8) is 0 Å². The number of aromatic nitrogens is 3. The van der Waals surface area contributed by atoms with Crippen molar-refractivity contribution in [1.82, 2.24) is 13.5 Å². The third kappa shape index (κ3) is 4.60. The number of para-hydroxylation sites is 4. The molecule has 0 atom stereocenters. The first-order valence-electron chi connectivity index (χ1n) is 21.5. The molecule has 5 heteroatoms. The summed E-state index contributed by atoms with van der Waals surface area (Å²) < 4.78 is 13.7. The van der Waals surface area contributed by atoms with Crippen LogP contribution in [0, 0.1) is 0 Å². The van der Waals surface area contributed by atoms with E-state index in [1.54, 1.807) is 0 Å². The summed E-state index contributed by atoms with van der Waals surface area (Å²) in [4.78, 5) is 14.1. The average molecular weight is 798 g/mol. The number of benzene rings is 8. The molecule has 13 rings (SSSR count).